The maximum Gasteiger partial charge on any atom is 0.263 e. The van der Waals surface area contributed by atoms with Gasteiger partial charge in [0.2, 0.25) is 0 Å². The quantitative estimate of drug-likeness (QED) is 0.698. The van der Waals surface area contributed by atoms with E-state index in [1.807, 2.05) is 37.3 Å². The first kappa shape index (κ1) is 19.4. The highest BCUT2D eigenvalue weighted by Gasteiger charge is 2.35. The number of aromatic nitrogens is 4. The Labute approximate surface area is 180 Å². The van der Waals surface area contributed by atoms with E-state index in [1.165, 1.54) is 0 Å². The van der Waals surface area contributed by atoms with E-state index in [-0.39, 0.29) is 22.9 Å². The zero-order valence-electron chi connectivity index (χ0n) is 17.4. The molecule has 8 heteroatoms. The van der Waals surface area contributed by atoms with Crippen LogP contribution in [0.5, 0.6) is 0 Å². The van der Waals surface area contributed by atoms with Gasteiger partial charge in [0.15, 0.2) is 0 Å². The summed E-state index contributed by atoms with van der Waals surface area (Å²) >= 11 is 0. The van der Waals surface area contributed by atoms with Gasteiger partial charge in [-0.05, 0) is 49.6 Å². The first-order chi connectivity index (χ1) is 15.1. The highest BCUT2D eigenvalue weighted by molar-refractivity contribution is 5.93. The minimum Gasteiger partial charge on any atom is -0.355 e. The lowest BCUT2D eigenvalue weighted by Gasteiger charge is -2.43. The maximum atomic E-state index is 13.1. The van der Waals surface area contributed by atoms with E-state index in [2.05, 4.69) is 25.2 Å². The molecule has 2 bridgehead atoms. The summed E-state index contributed by atoms with van der Waals surface area (Å²) in [6.45, 7) is 4.45. The van der Waals surface area contributed by atoms with Crippen LogP contribution in [0, 0.1) is 12.8 Å². The summed E-state index contributed by atoms with van der Waals surface area (Å²) in [5.74, 6) is 1.90. The Kier molecular flexibility index (Phi) is 4.97. The second-order valence-corrected chi connectivity index (χ2v) is 8.26. The van der Waals surface area contributed by atoms with E-state index < -0.39 is 0 Å². The Bertz CT molecular complexity index is 1180. The summed E-state index contributed by atoms with van der Waals surface area (Å²) in [5.41, 5.74) is 1.72. The molecule has 0 spiro atoms. The molecule has 5 heterocycles. The van der Waals surface area contributed by atoms with Gasteiger partial charge in [-0.15, -0.1) is 0 Å². The van der Waals surface area contributed by atoms with Gasteiger partial charge in [-0.25, -0.2) is 9.97 Å². The van der Waals surface area contributed by atoms with Crippen molar-refractivity contribution in [3.63, 3.8) is 0 Å². The number of nitrogens with one attached hydrogen (secondary N) is 1. The first-order valence-corrected chi connectivity index (χ1v) is 10.5. The van der Waals surface area contributed by atoms with Gasteiger partial charge in [-0.3, -0.25) is 14.6 Å². The Balaban J connectivity index is 1.37. The van der Waals surface area contributed by atoms with Crippen molar-refractivity contribution in [3.05, 3.63) is 81.9 Å². The van der Waals surface area contributed by atoms with Crippen molar-refractivity contribution in [2.45, 2.75) is 32.4 Å². The van der Waals surface area contributed by atoms with Gasteiger partial charge in [0.25, 0.3) is 11.5 Å². The summed E-state index contributed by atoms with van der Waals surface area (Å²) in [7, 11) is 0. The van der Waals surface area contributed by atoms with Gasteiger partial charge in [0.1, 0.15) is 17.2 Å². The molecule has 0 aromatic carbocycles. The molecule has 0 unspecified atom stereocenters. The molecule has 2 aliphatic rings. The van der Waals surface area contributed by atoms with E-state index in [1.54, 1.807) is 23.0 Å². The Morgan fingerprint density at radius 2 is 2.00 bits per heavy atom. The fraction of sp³-hybridized carbons (Fsp3) is 0.348. The van der Waals surface area contributed by atoms with Crippen LogP contribution in [0.25, 0.3) is 0 Å². The third-order valence-electron chi connectivity index (χ3n) is 6.09. The van der Waals surface area contributed by atoms with Gasteiger partial charge in [-0.2, -0.15) is 0 Å². The molecule has 3 aromatic rings. The lowest BCUT2D eigenvalue weighted by atomic mass is 9.83. The van der Waals surface area contributed by atoms with Crippen LogP contribution >= 0.6 is 0 Å². The van der Waals surface area contributed by atoms with Gasteiger partial charge in [0.05, 0.1) is 12.2 Å². The average molecular weight is 416 g/mol. The number of pyridine rings is 2. The zero-order valence-corrected chi connectivity index (χ0v) is 17.4. The third kappa shape index (κ3) is 3.81. The predicted molar refractivity (Wildman–Crippen MR) is 116 cm³/mol. The molecule has 1 saturated heterocycles. The minimum atomic E-state index is -0.361. The number of piperidine rings is 1. The summed E-state index contributed by atoms with van der Waals surface area (Å²) in [5, 5.41) is 2.81. The van der Waals surface area contributed by atoms with Crippen LogP contribution in [0.4, 0.5) is 5.82 Å². The van der Waals surface area contributed by atoms with Gasteiger partial charge < -0.3 is 14.8 Å². The Morgan fingerprint density at radius 1 is 1.10 bits per heavy atom. The van der Waals surface area contributed by atoms with Gasteiger partial charge in [0, 0.05) is 43.6 Å². The second kappa shape index (κ2) is 7.94. The van der Waals surface area contributed by atoms with Crippen molar-refractivity contribution in [1.29, 1.82) is 0 Å². The number of anilines is 1. The first-order valence-electron chi connectivity index (χ1n) is 10.5. The summed E-state index contributed by atoms with van der Waals surface area (Å²) in [4.78, 5) is 41.1. The van der Waals surface area contributed by atoms with Crippen LogP contribution in [-0.2, 0) is 13.1 Å². The smallest absolute Gasteiger partial charge is 0.263 e. The van der Waals surface area contributed by atoms with Gasteiger partial charge in [-0.1, -0.05) is 6.07 Å². The van der Waals surface area contributed by atoms with Crippen molar-refractivity contribution in [2.75, 3.05) is 18.0 Å². The highest BCUT2D eigenvalue weighted by atomic mass is 16.2. The number of aryl methyl sites for hydroxylation is 1. The largest absolute Gasteiger partial charge is 0.355 e. The minimum absolute atomic E-state index is 0.183. The number of hydrogen-bond acceptors (Lipinski definition) is 6. The highest BCUT2D eigenvalue weighted by Crippen LogP contribution is 2.36. The van der Waals surface area contributed by atoms with Crippen LogP contribution in [0.1, 0.15) is 39.9 Å². The second-order valence-electron chi connectivity index (χ2n) is 8.26. The van der Waals surface area contributed by atoms with Crippen LogP contribution in [-0.4, -0.2) is 38.5 Å². The average Bonchev–Trinajstić information content (AvgIpc) is 2.79. The summed E-state index contributed by atoms with van der Waals surface area (Å²) in [6.07, 6.45) is 4.52. The fourth-order valence-corrected chi connectivity index (χ4v) is 4.69. The lowest BCUT2D eigenvalue weighted by molar-refractivity contribution is 0.0947. The number of carbonyl (C=O) groups excluding carboxylic acids is 1. The van der Waals surface area contributed by atoms with E-state index in [4.69, 9.17) is 0 Å². The molecule has 0 saturated carbocycles. The fourth-order valence-electron chi connectivity index (χ4n) is 4.69. The zero-order chi connectivity index (χ0) is 21.4. The van der Waals surface area contributed by atoms with Crippen LogP contribution in [0.2, 0.25) is 0 Å². The molecule has 8 nitrogen and oxygen atoms in total. The summed E-state index contributed by atoms with van der Waals surface area (Å²) in [6, 6.07) is 11.1. The Hall–Kier alpha value is -3.55. The van der Waals surface area contributed by atoms with Crippen LogP contribution in [0.15, 0.2) is 53.6 Å². The molecule has 1 fully saturated rings. The molecule has 2 aliphatic heterocycles. The number of hydrogen-bond donors (Lipinski definition) is 1. The number of nitrogens with zero attached hydrogens (tertiary/aromatic N) is 5. The van der Waals surface area contributed by atoms with E-state index in [9.17, 15) is 9.59 Å². The molecule has 31 heavy (non-hydrogen) atoms. The summed E-state index contributed by atoms with van der Waals surface area (Å²) < 4.78 is 1.80. The molecular weight excluding hydrogens is 392 g/mol. The monoisotopic (exact) mass is 416 g/mol. The van der Waals surface area contributed by atoms with Crippen molar-refractivity contribution >= 4 is 11.7 Å². The van der Waals surface area contributed by atoms with Crippen LogP contribution < -0.4 is 15.8 Å². The van der Waals surface area contributed by atoms with Crippen molar-refractivity contribution < 1.29 is 4.79 Å². The van der Waals surface area contributed by atoms with E-state index >= 15 is 0 Å². The number of rotatable bonds is 4. The molecular formula is C23H24N6O2. The normalized spacial score (nSPS) is 19.6. The van der Waals surface area contributed by atoms with Crippen LogP contribution in [0.3, 0.4) is 0 Å². The van der Waals surface area contributed by atoms with E-state index in [0.717, 1.165) is 42.5 Å². The molecule has 0 aliphatic carbocycles. The third-order valence-corrected chi connectivity index (χ3v) is 6.09. The lowest BCUT2D eigenvalue weighted by Crippen LogP contribution is -2.48. The Morgan fingerprint density at radius 3 is 2.81 bits per heavy atom. The van der Waals surface area contributed by atoms with Crippen molar-refractivity contribution in [3.8, 4) is 0 Å². The molecule has 2 atom stereocenters. The molecule has 0 radical (unpaired) electrons. The number of amides is 1. The molecule has 1 amide bonds. The topological polar surface area (TPSA) is 93.0 Å². The number of carbonyl (C=O) groups is 1. The van der Waals surface area contributed by atoms with E-state index in [0.29, 0.717) is 19.0 Å². The number of fused-ring (bicyclic) bond motifs is 4. The predicted octanol–water partition coefficient (Wildman–Crippen LogP) is 1.90. The van der Waals surface area contributed by atoms with Gasteiger partial charge >= 0.3 is 0 Å². The SMILES string of the molecule is Cc1nccc(N2C[C@@H]3C[C@H](C2)c2ccc(C(=O)NCc4ccccn4)c(=O)n2C3)n1. The van der Waals surface area contributed by atoms with Crippen molar-refractivity contribution in [1.82, 2.24) is 24.8 Å². The van der Waals surface area contributed by atoms with Crippen molar-refractivity contribution in [2.24, 2.45) is 5.92 Å². The molecule has 1 N–H and O–H groups in total. The molecule has 5 rings (SSSR count). The molecule has 3 aromatic heterocycles. The maximum absolute atomic E-state index is 13.1. The molecule has 158 valence electrons. The standard InChI is InChI=1S/C23H24N6O2/c1-15-24-9-7-21(27-15)28-12-16-10-17(14-28)20-6-5-19(23(31)29(20)13-16)22(30)26-11-18-4-2-3-8-25-18/h2-9,16-17H,10-14H2,1H3,(H,26,30)/t16-,17+/m0/s1.